The van der Waals surface area contributed by atoms with E-state index in [1.807, 2.05) is 0 Å². The van der Waals surface area contributed by atoms with Crippen molar-refractivity contribution >= 4 is 49.9 Å². The lowest BCUT2D eigenvalue weighted by Crippen LogP contribution is -2.19. The van der Waals surface area contributed by atoms with Crippen molar-refractivity contribution in [2.24, 2.45) is 7.05 Å². The largest absolute Gasteiger partial charge is 0.411 e. The predicted molar refractivity (Wildman–Crippen MR) is 113 cm³/mol. The van der Waals surface area contributed by atoms with Crippen molar-refractivity contribution in [1.82, 2.24) is 14.8 Å². The van der Waals surface area contributed by atoms with Gasteiger partial charge in [0.1, 0.15) is 12.2 Å². The molecule has 178 valence electrons. The van der Waals surface area contributed by atoms with Gasteiger partial charge in [-0.25, -0.2) is 17.9 Å². The number of ether oxygens (including phenoxy) is 2. The molecule has 0 N–H and O–H groups in total. The minimum atomic E-state index is -4.67. The summed E-state index contributed by atoms with van der Waals surface area (Å²) in [5.41, 5.74) is -0.323. The first kappa shape index (κ1) is 25.2. The molecule has 0 saturated heterocycles. The van der Waals surface area contributed by atoms with E-state index in [9.17, 15) is 26.4 Å². The fraction of sp³-hybridized carbons (Fsp3) is 0.316. The van der Waals surface area contributed by atoms with Gasteiger partial charge < -0.3 is 9.47 Å². The van der Waals surface area contributed by atoms with Crippen LogP contribution in [0.25, 0.3) is 10.9 Å². The summed E-state index contributed by atoms with van der Waals surface area (Å²) in [6.07, 6.45) is -2.67. The lowest BCUT2D eigenvalue weighted by Gasteiger charge is -2.18. The van der Waals surface area contributed by atoms with Crippen molar-refractivity contribution < 1.29 is 35.9 Å². The molecule has 0 spiro atoms. The van der Waals surface area contributed by atoms with Gasteiger partial charge in [-0.2, -0.15) is 18.3 Å². The first-order valence-electron chi connectivity index (χ1n) is 9.06. The van der Waals surface area contributed by atoms with Gasteiger partial charge in [-0.3, -0.25) is 4.98 Å². The normalized spacial score (nSPS) is 12.4. The standard InChI is InChI=1S/C19H16Cl2F3N3O5S/c1-9-4-13(27(2)26-9)32-18(28)14-15(21)12(7-31-8-19(22,23)24)17(33(3,29)30)11-5-10(20)6-25-16(11)14/h4-6H,7-8H2,1-3H3. The highest BCUT2D eigenvalue weighted by Gasteiger charge is 2.32. The molecule has 14 heteroatoms. The Morgan fingerprint density at radius 2 is 1.91 bits per heavy atom. The van der Waals surface area contributed by atoms with Crippen LogP contribution in [0, 0.1) is 6.92 Å². The molecule has 1 aromatic carbocycles. The molecule has 2 aromatic heterocycles. The van der Waals surface area contributed by atoms with Crippen molar-refractivity contribution in [2.75, 3.05) is 12.9 Å². The van der Waals surface area contributed by atoms with Crippen LogP contribution in [0.2, 0.25) is 10.0 Å². The Kier molecular flexibility index (Phi) is 6.94. The van der Waals surface area contributed by atoms with Crippen LogP contribution in [0.15, 0.2) is 23.2 Å². The quantitative estimate of drug-likeness (QED) is 0.442. The van der Waals surface area contributed by atoms with Gasteiger partial charge >= 0.3 is 12.1 Å². The molecule has 8 nitrogen and oxygen atoms in total. The number of fused-ring (bicyclic) bond motifs is 1. The Balaban J connectivity index is 2.25. The van der Waals surface area contributed by atoms with Crippen molar-refractivity contribution in [2.45, 2.75) is 24.6 Å². The molecule has 0 unspecified atom stereocenters. The molecule has 0 saturated carbocycles. The number of hydrogen-bond acceptors (Lipinski definition) is 7. The number of pyridine rings is 1. The van der Waals surface area contributed by atoms with Crippen LogP contribution in [0.3, 0.4) is 0 Å². The third kappa shape index (κ3) is 5.57. The minimum Gasteiger partial charge on any atom is -0.404 e. The summed E-state index contributed by atoms with van der Waals surface area (Å²) in [6, 6.07) is 2.69. The van der Waals surface area contributed by atoms with E-state index in [1.54, 1.807) is 6.92 Å². The highest BCUT2D eigenvalue weighted by Crippen LogP contribution is 2.38. The molecule has 3 aromatic rings. The van der Waals surface area contributed by atoms with E-state index in [4.69, 9.17) is 27.9 Å². The summed E-state index contributed by atoms with van der Waals surface area (Å²) >= 11 is 12.4. The Morgan fingerprint density at radius 3 is 2.45 bits per heavy atom. The molecule has 0 amide bonds. The second-order valence-corrected chi connectivity index (χ2v) is 9.83. The lowest BCUT2D eigenvalue weighted by molar-refractivity contribution is -0.176. The molecule has 0 atom stereocenters. The number of aromatic nitrogens is 3. The smallest absolute Gasteiger partial charge is 0.404 e. The summed E-state index contributed by atoms with van der Waals surface area (Å²) in [6.45, 7) is -0.846. The number of halogens is 5. The van der Waals surface area contributed by atoms with Gasteiger partial charge in [0.15, 0.2) is 9.84 Å². The van der Waals surface area contributed by atoms with Crippen LogP contribution < -0.4 is 4.74 Å². The highest BCUT2D eigenvalue weighted by molar-refractivity contribution is 7.91. The maximum absolute atomic E-state index is 13.1. The number of carbonyl (C=O) groups is 1. The fourth-order valence-electron chi connectivity index (χ4n) is 3.16. The highest BCUT2D eigenvalue weighted by atomic mass is 35.5. The first-order valence-corrected chi connectivity index (χ1v) is 11.7. The SMILES string of the molecule is Cc1cc(OC(=O)c2c(Cl)c(COCC(F)(F)F)c(S(C)(=O)=O)c3cc(Cl)cnc23)n(C)n1. The van der Waals surface area contributed by atoms with Crippen molar-refractivity contribution in [1.29, 1.82) is 0 Å². The summed E-state index contributed by atoms with van der Waals surface area (Å²) in [7, 11) is -2.56. The minimum absolute atomic E-state index is 0.0264. The molecule has 0 aliphatic carbocycles. The Hall–Kier alpha value is -2.41. The van der Waals surface area contributed by atoms with Gasteiger partial charge in [0, 0.05) is 36.5 Å². The van der Waals surface area contributed by atoms with Crippen molar-refractivity contribution in [3.63, 3.8) is 0 Å². The second-order valence-electron chi connectivity index (χ2n) is 7.06. The maximum atomic E-state index is 13.1. The number of rotatable bonds is 6. The van der Waals surface area contributed by atoms with Crippen LogP contribution in [-0.4, -0.2) is 48.2 Å². The molecule has 33 heavy (non-hydrogen) atoms. The van der Waals surface area contributed by atoms with E-state index in [0.717, 1.165) is 12.5 Å². The van der Waals surface area contributed by atoms with Gasteiger partial charge in [-0.1, -0.05) is 23.2 Å². The van der Waals surface area contributed by atoms with Crippen LogP contribution in [0.5, 0.6) is 5.88 Å². The number of benzene rings is 1. The number of nitrogens with zero attached hydrogens (tertiary/aromatic N) is 3. The van der Waals surface area contributed by atoms with E-state index in [1.165, 1.54) is 23.9 Å². The fourth-order valence-corrected chi connectivity index (χ4v) is 4.86. The molecule has 0 bridgehead atoms. The number of esters is 1. The summed E-state index contributed by atoms with van der Waals surface area (Å²) in [4.78, 5) is 16.6. The van der Waals surface area contributed by atoms with Gasteiger partial charge in [-0.15, -0.1) is 0 Å². The molecule has 3 rings (SSSR count). The molecule has 0 radical (unpaired) electrons. The van der Waals surface area contributed by atoms with Gasteiger partial charge in [0.2, 0.25) is 5.88 Å². The molecule has 0 fully saturated rings. The second kappa shape index (κ2) is 9.09. The number of hydrogen-bond donors (Lipinski definition) is 0. The van der Waals surface area contributed by atoms with Crippen molar-refractivity contribution in [3.05, 3.63) is 45.2 Å². The number of alkyl halides is 3. The number of sulfone groups is 1. The molecule has 0 aliphatic heterocycles. The molecular formula is C19H16Cl2F3N3O5S. The molecule has 2 heterocycles. The summed E-state index contributed by atoms with van der Waals surface area (Å²) < 4.78 is 74.3. The number of aryl methyl sites for hydroxylation is 2. The lowest BCUT2D eigenvalue weighted by atomic mass is 10.0. The van der Waals surface area contributed by atoms with E-state index < -0.39 is 45.1 Å². The zero-order valence-corrected chi connectivity index (χ0v) is 19.7. The van der Waals surface area contributed by atoms with Gasteiger partial charge in [0.25, 0.3) is 0 Å². The topological polar surface area (TPSA) is 100 Å². The van der Waals surface area contributed by atoms with Gasteiger partial charge in [-0.05, 0) is 13.0 Å². The zero-order chi connectivity index (χ0) is 24.7. The van der Waals surface area contributed by atoms with Crippen molar-refractivity contribution in [3.8, 4) is 5.88 Å². The average molecular weight is 526 g/mol. The van der Waals surface area contributed by atoms with E-state index in [2.05, 4.69) is 14.8 Å². The Bertz CT molecular complexity index is 1360. The van der Waals surface area contributed by atoms with Gasteiger partial charge in [0.05, 0.1) is 32.8 Å². The summed E-state index contributed by atoms with van der Waals surface area (Å²) in [5.74, 6) is -0.974. The monoisotopic (exact) mass is 525 g/mol. The number of carbonyl (C=O) groups excluding carboxylic acids is 1. The summed E-state index contributed by atoms with van der Waals surface area (Å²) in [5, 5.41) is 3.49. The van der Waals surface area contributed by atoms with Crippen LogP contribution in [-0.2, 0) is 28.2 Å². The third-order valence-corrected chi connectivity index (χ3v) is 6.17. The van der Waals surface area contributed by atoms with E-state index in [0.29, 0.717) is 5.69 Å². The zero-order valence-electron chi connectivity index (χ0n) is 17.3. The molecule has 0 aliphatic rings. The third-order valence-electron chi connectivity index (χ3n) is 4.34. The Morgan fingerprint density at radius 1 is 1.24 bits per heavy atom. The average Bonchev–Trinajstić information content (AvgIpc) is 2.97. The first-order chi connectivity index (χ1) is 15.2. The van der Waals surface area contributed by atoms with E-state index >= 15 is 0 Å². The predicted octanol–water partition coefficient (Wildman–Crippen LogP) is 4.29. The van der Waals surface area contributed by atoms with Crippen LogP contribution in [0.1, 0.15) is 21.6 Å². The van der Waals surface area contributed by atoms with Crippen LogP contribution >= 0.6 is 23.2 Å². The maximum Gasteiger partial charge on any atom is 0.411 e. The molecular weight excluding hydrogens is 510 g/mol. The van der Waals surface area contributed by atoms with E-state index in [-0.39, 0.29) is 32.9 Å². The Labute approximate surface area is 196 Å². The van der Waals surface area contributed by atoms with Crippen LogP contribution in [0.4, 0.5) is 13.2 Å².